The van der Waals surface area contributed by atoms with Crippen LogP contribution in [0.5, 0.6) is 11.5 Å². The Labute approximate surface area is 158 Å². The van der Waals surface area contributed by atoms with E-state index in [1.54, 1.807) is 44.6 Å². The molecular weight excluding hydrogens is 370 g/mol. The number of hydrogen-bond acceptors (Lipinski definition) is 6. The van der Waals surface area contributed by atoms with Gasteiger partial charge < -0.3 is 19.9 Å². The number of methoxy groups -OCH3 is 2. The fourth-order valence-electron chi connectivity index (χ4n) is 2.57. The molecule has 0 aliphatic heterocycles. The normalized spacial score (nSPS) is 11.1. The SMILES string of the molecule is COc1ccc(-c2ccc(CS(=O)(=O)CC(=O)NCCO)cc2)c(OC)c1. The third-order valence-corrected chi connectivity index (χ3v) is 5.32. The molecule has 27 heavy (non-hydrogen) atoms. The van der Waals surface area contributed by atoms with Crippen LogP contribution in [0.2, 0.25) is 0 Å². The zero-order valence-electron chi connectivity index (χ0n) is 15.3. The second kappa shape index (κ2) is 9.38. The van der Waals surface area contributed by atoms with E-state index < -0.39 is 21.5 Å². The van der Waals surface area contributed by atoms with E-state index in [2.05, 4.69) is 5.32 Å². The second-order valence-electron chi connectivity index (χ2n) is 5.87. The Morgan fingerprint density at radius 3 is 2.37 bits per heavy atom. The Morgan fingerprint density at radius 2 is 1.78 bits per heavy atom. The van der Waals surface area contributed by atoms with Gasteiger partial charge in [0.2, 0.25) is 5.91 Å². The van der Waals surface area contributed by atoms with Crippen LogP contribution in [0.1, 0.15) is 5.56 Å². The van der Waals surface area contributed by atoms with Crippen molar-refractivity contribution in [1.29, 1.82) is 0 Å². The average Bonchev–Trinajstić information content (AvgIpc) is 2.65. The summed E-state index contributed by atoms with van der Waals surface area (Å²) in [6, 6.07) is 12.5. The van der Waals surface area contributed by atoms with Crippen molar-refractivity contribution in [2.75, 3.05) is 33.1 Å². The number of rotatable bonds is 9. The van der Waals surface area contributed by atoms with Gasteiger partial charge in [-0.25, -0.2) is 8.42 Å². The standard InChI is InChI=1S/C19H23NO6S/c1-25-16-7-8-17(18(11-16)26-2)15-5-3-14(4-6-15)12-27(23,24)13-19(22)20-9-10-21/h3-8,11,21H,9-10,12-13H2,1-2H3,(H,20,22). The van der Waals surface area contributed by atoms with Gasteiger partial charge >= 0.3 is 0 Å². The van der Waals surface area contributed by atoms with Crippen LogP contribution in [0.3, 0.4) is 0 Å². The molecular formula is C19H23NO6S. The Kier molecular flexibility index (Phi) is 7.20. The van der Waals surface area contributed by atoms with Gasteiger partial charge in [0.15, 0.2) is 9.84 Å². The lowest BCUT2D eigenvalue weighted by Crippen LogP contribution is -2.32. The first kappa shape index (κ1) is 20.7. The molecule has 0 atom stereocenters. The molecule has 146 valence electrons. The number of carbonyl (C=O) groups excluding carboxylic acids is 1. The summed E-state index contributed by atoms with van der Waals surface area (Å²) >= 11 is 0. The molecule has 0 heterocycles. The predicted molar refractivity (Wildman–Crippen MR) is 103 cm³/mol. The quantitative estimate of drug-likeness (QED) is 0.668. The molecule has 0 aliphatic carbocycles. The molecule has 0 aromatic heterocycles. The third-order valence-electron chi connectivity index (χ3n) is 3.85. The van der Waals surface area contributed by atoms with Crippen LogP contribution in [0.15, 0.2) is 42.5 Å². The maximum atomic E-state index is 12.1. The molecule has 8 heteroatoms. The Hall–Kier alpha value is -2.58. The van der Waals surface area contributed by atoms with Gasteiger partial charge in [0.25, 0.3) is 0 Å². The Bertz CT molecular complexity index is 878. The van der Waals surface area contributed by atoms with Crippen molar-refractivity contribution in [2.45, 2.75) is 5.75 Å². The van der Waals surface area contributed by atoms with Crippen molar-refractivity contribution in [1.82, 2.24) is 5.32 Å². The van der Waals surface area contributed by atoms with Crippen LogP contribution in [0.25, 0.3) is 11.1 Å². The van der Waals surface area contributed by atoms with Gasteiger partial charge in [0.05, 0.1) is 26.6 Å². The van der Waals surface area contributed by atoms with E-state index in [0.717, 1.165) is 11.1 Å². The van der Waals surface area contributed by atoms with Crippen molar-refractivity contribution in [3.05, 3.63) is 48.0 Å². The highest BCUT2D eigenvalue weighted by Crippen LogP contribution is 2.33. The van der Waals surface area contributed by atoms with Gasteiger partial charge in [0, 0.05) is 18.2 Å². The van der Waals surface area contributed by atoms with E-state index in [4.69, 9.17) is 14.6 Å². The minimum absolute atomic E-state index is 0.0345. The summed E-state index contributed by atoms with van der Waals surface area (Å²) in [6.45, 7) is -0.200. The smallest absolute Gasteiger partial charge is 0.235 e. The van der Waals surface area contributed by atoms with Crippen molar-refractivity contribution >= 4 is 15.7 Å². The molecule has 2 aromatic carbocycles. The van der Waals surface area contributed by atoms with Gasteiger partial charge in [-0.3, -0.25) is 4.79 Å². The van der Waals surface area contributed by atoms with Gasteiger partial charge in [-0.2, -0.15) is 0 Å². The highest BCUT2D eigenvalue weighted by Gasteiger charge is 2.17. The molecule has 0 aliphatic rings. The van der Waals surface area contributed by atoms with Crippen LogP contribution in [0, 0.1) is 0 Å². The highest BCUT2D eigenvalue weighted by atomic mass is 32.2. The number of sulfone groups is 1. The summed E-state index contributed by atoms with van der Waals surface area (Å²) in [5, 5.41) is 11.0. The first-order valence-electron chi connectivity index (χ1n) is 8.28. The fraction of sp³-hybridized carbons (Fsp3) is 0.316. The van der Waals surface area contributed by atoms with E-state index >= 15 is 0 Å². The Morgan fingerprint density at radius 1 is 1.07 bits per heavy atom. The molecule has 0 saturated heterocycles. The number of aliphatic hydroxyl groups excluding tert-OH is 1. The summed E-state index contributed by atoms with van der Waals surface area (Å²) < 4.78 is 34.9. The van der Waals surface area contributed by atoms with Gasteiger partial charge in [-0.15, -0.1) is 0 Å². The number of amides is 1. The topological polar surface area (TPSA) is 102 Å². The lowest BCUT2D eigenvalue weighted by Gasteiger charge is -2.11. The first-order chi connectivity index (χ1) is 12.9. The predicted octanol–water partition coefficient (Wildman–Crippen LogP) is 1.39. The summed E-state index contributed by atoms with van der Waals surface area (Å²) in [4.78, 5) is 11.5. The van der Waals surface area contributed by atoms with E-state index in [-0.39, 0.29) is 18.9 Å². The highest BCUT2D eigenvalue weighted by molar-refractivity contribution is 7.91. The van der Waals surface area contributed by atoms with Gasteiger partial charge in [-0.1, -0.05) is 24.3 Å². The zero-order chi connectivity index (χ0) is 19.9. The largest absolute Gasteiger partial charge is 0.497 e. The molecule has 0 bridgehead atoms. The molecule has 2 rings (SSSR count). The number of hydrogen-bond donors (Lipinski definition) is 2. The second-order valence-corrected chi connectivity index (χ2v) is 7.93. The van der Waals surface area contributed by atoms with E-state index in [1.165, 1.54) is 0 Å². The third kappa shape index (κ3) is 5.97. The summed E-state index contributed by atoms with van der Waals surface area (Å²) in [5.41, 5.74) is 2.31. The van der Waals surface area contributed by atoms with Gasteiger partial charge in [-0.05, 0) is 23.3 Å². The monoisotopic (exact) mass is 393 g/mol. The number of aliphatic hydroxyl groups is 1. The molecule has 0 fully saturated rings. The van der Waals surface area contributed by atoms with Crippen LogP contribution < -0.4 is 14.8 Å². The van der Waals surface area contributed by atoms with Crippen LogP contribution in [-0.2, 0) is 20.4 Å². The number of ether oxygens (including phenoxy) is 2. The van der Waals surface area contributed by atoms with Crippen molar-refractivity contribution in [2.24, 2.45) is 0 Å². The van der Waals surface area contributed by atoms with E-state index in [0.29, 0.717) is 17.1 Å². The van der Waals surface area contributed by atoms with Gasteiger partial charge in [0.1, 0.15) is 17.3 Å². The lowest BCUT2D eigenvalue weighted by molar-refractivity contribution is -0.118. The number of benzene rings is 2. The molecule has 2 aromatic rings. The average molecular weight is 393 g/mol. The maximum Gasteiger partial charge on any atom is 0.235 e. The molecule has 2 N–H and O–H groups in total. The minimum Gasteiger partial charge on any atom is -0.497 e. The van der Waals surface area contributed by atoms with Crippen LogP contribution in [0.4, 0.5) is 0 Å². The van der Waals surface area contributed by atoms with Crippen molar-refractivity contribution in [3.63, 3.8) is 0 Å². The molecule has 0 saturated carbocycles. The van der Waals surface area contributed by atoms with Crippen molar-refractivity contribution < 1.29 is 27.8 Å². The van der Waals surface area contributed by atoms with Crippen molar-refractivity contribution in [3.8, 4) is 22.6 Å². The van der Waals surface area contributed by atoms with E-state index in [1.807, 2.05) is 12.1 Å². The first-order valence-corrected chi connectivity index (χ1v) is 10.1. The zero-order valence-corrected chi connectivity index (χ0v) is 16.1. The maximum absolute atomic E-state index is 12.1. The van der Waals surface area contributed by atoms with E-state index in [9.17, 15) is 13.2 Å². The summed E-state index contributed by atoms with van der Waals surface area (Å²) in [5.74, 6) is -0.141. The molecule has 0 radical (unpaired) electrons. The Balaban J connectivity index is 2.12. The fourth-order valence-corrected chi connectivity index (χ4v) is 3.87. The minimum atomic E-state index is -3.60. The summed E-state index contributed by atoms with van der Waals surface area (Å²) in [6.07, 6.45) is 0. The summed E-state index contributed by atoms with van der Waals surface area (Å²) in [7, 11) is -0.451. The van der Waals surface area contributed by atoms with Crippen LogP contribution >= 0.6 is 0 Å². The lowest BCUT2D eigenvalue weighted by atomic mass is 10.0. The van der Waals surface area contributed by atoms with Crippen LogP contribution in [-0.4, -0.2) is 52.6 Å². The molecule has 1 amide bonds. The molecule has 0 spiro atoms. The molecule has 7 nitrogen and oxygen atoms in total. The number of nitrogens with one attached hydrogen (secondary N) is 1. The number of carbonyl (C=O) groups is 1. The molecule has 0 unspecified atom stereocenters.